The van der Waals surface area contributed by atoms with Gasteiger partial charge in [0.1, 0.15) is 5.82 Å². The van der Waals surface area contributed by atoms with Crippen LogP contribution in [-0.4, -0.2) is 26.4 Å². The molecule has 0 bridgehead atoms. The van der Waals surface area contributed by atoms with Crippen LogP contribution in [-0.2, 0) is 9.59 Å². The van der Waals surface area contributed by atoms with Crippen molar-refractivity contribution in [2.45, 2.75) is 12.8 Å². The molecule has 2 N–H and O–H groups in total. The molecular formula is C20H15ClFN5O2S. The number of nitrogens with zero attached hydrogens (tertiary/aromatic N) is 3. The number of thiazole rings is 1. The van der Waals surface area contributed by atoms with Gasteiger partial charge >= 0.3 is 0 Å². The molecule has 0 aliphatic carbocycles. The van der Waals surface area contributed by atoms with E-state index in [0.717, 1.165) is 11.3 Å². The summed E-state index contributed by atoms with van der Waals surface area (Å²) in [4.78, 5) is 29.0. The quantitative estimate of drug-likeness (QED) is 0.455. The molecular weight excluding hydrogens is 429 g/mol. The zero-order chi connectivity index (χ0) is 21.1. The van der Waals surface area contributed by atoms with Crippen molar-refractivity contribution in [2.75, 3.05) is 10.6 Å². The predicted octanol–water partition coefficient (Wildman–Crippen LogP) is 4.61. The van der Waals surface area contributed by atoms with E-state index in [1.54, 1.807) is 16.6 Å². The highest BCUT2D eigenvalue weighted by Crippen LogP contribution is 2.27. The van der Waals surface area contributed by atoms with Crippen LogP contribution >= 0.6 is 22.9 Å². The second-order valence-electron chi connectivity index (χ2n) is 6.36. The summed E-state index contributed by atoms with van der Waals surface area (Å²) in [5.41, 5.74) is 2.22. The lowest BCUT2D eigenvalue weighted by molar-refractivity contribution is -0.121. The maximum Gasteiger partial charge on any atom is 0.250 e. The van der Waals surface area contributed by atoms with Gasteiger partial charge in [0.25, 0.3) is 0 Å². The average Bonchev–Trinajstić information content (AvgIpc) is 3.29. The van der Waals surface area contributed by atoms with Crippen LogP contribution in [0.1, 0.15) is 12.8 Å². The highest BCUT2D eigenvalue weighted by molar-refractivity contribution is 7.15. The molecule has 30 heavy (non-hydrogen) atoms. The maximum absolute atomic E-state index is 12.9. The van der Waals surface area contributed by atoms with Crippen molar-refractivity contribution >= 4 is 51.3 Å². The fraction of sp³-hybridized carbons (Fsp3) is 0.100. The van der Waals surface area contributed by atoms with Gasteiger partial charge in [-0.15, -0.1) is 16.4 Å². The lowest BCUT2D eigenvalue weighted by Gasteiger charge is -2.05. The molecule has 10 heteroatoms. The summed E-state index contributed by atoms with van der Waals surface area (Å²) >= 11 is 7.33. The number of fused-ring (bicyclic) bond motifs is 1. The SMILES string of the molecule is O=C(CCC(=O)Nc1nc2scc(-c3ccc(Cl)cc3)n2n1)Nc1ccc(F)cc1. The standard InChI is InChI=1S/C20H15ClFN5O2S/c21-13-3-1-12(2-4-13)16-11-30-20-25-19(26-27(16)20)24-18(29)10-9-17(28)23-15-7-5-14(22)6-8-15/h1-8,11H,9-10H2,(H,23,28)(H,24,26,29). The Morgan fingerprint density at radius 2 is 1.67 bits per heavy atom. The van der Waals surface area contributed by atoms with Crippen LogP contribution in [0.3, 0.4) is 0 Å². The summed E-state index contributed by atoms with van der Waals surface area (Å²) in [5, 5.41) is 12.1. The third kappa shape index (κ3) is 4.64. The minimum atomic E-state index is -0.390. The van der Waals surface area contributed by atoms with Gasteiger partial charge in [0.15, 0.2) is 0 Å². The molecule has 0 saturated carbocycles. The minimum absolute atomic E-state index is 0.0263. The molecule has 0 fully saturated rings. The Hall–Kier alpha value is -3.30. The molecule has 4 rings (SSSR count). The monoisotopic (exact) mass is 443 g/mol. The Kier molecular flexibility index (Phi) is 5.73. The van der Waals surface area contributed by atoms with Crippen LogP contribution in [0.25, 0.3) is 16.2 Å². The van der Waals surface area contributed by atoms with Gasteiger partial charge in [-0.2, -0.15) is 4.98 Å². The Morgan fingerprint density at radius 3 is 2.37 bits per heavy atom. The van der Waals surface area contributed by atoms with Gasteiger partial charge in [0.05, 0.1) is 5.69 Å². The fourth-order valence-electron chi connectivity index (χ4n) is 2.72. The first-order chi connectivity index (χ1) is 14.5. The Morgan fingerprint density at radius 1 is 1.00 bits per heavy atom. The molecule has 0 radical (unpaired) electrons. The molecule has 0 aliphatic rings. The molecule has 2 aromatic carbocycles. The number of halogens is 2. The van der Waals surface area contributed by atoms with Gasteiger partial charge in [0, 0.05) is 34.5 Å². The third-order valence-corrected chi connectivity index (χ3v) is 5.25. The molecule has 0 saturated heterocycles. The molecule has 0 spiro atoms. The van der Waals surface area contributed by atoms with E-state index >= 15 is 0 Å². The van der Waals surface area contributed by atoms with Crippen LogP contribution in [0, 0.1) is 5.82 Å². The molecule has 4 aromatic rings. The number of benzene rings is 2. The van der Waals surface area contributed by atoms with E-state index < -0.39 is 0 Å². The summed E-state index contributed by atoms with van der Waals surface area (Å²) in [6, 6.07) is 12.7. The number of hydrogen-bond donors (Lipinski definition) is 2. The fourth-order valence-corrected chi connectivity index (χ4v) is 3.68. The number of rotatable bonds is 6. The first-order valence-corrected chi connectivity index (χ1v) is 10.2. The summed E-state index contributed by atoms with van der Waals surface area (Å²) in [6.45, 7) is 0. The molecule has 2 amide bonds. The third-order valence-electron chi connectivity index (χ3n) is 4.18. The normalized spacial score (nSPS) is 10.9. The van der Waals surface area contributed by atoms with Gasteiger partial charge in [-0.3, -0.25) is 14.9 Å². The number of anilines is 2. The number of hydrogen-bond acceptors (Lipinski definition) is 5. The predicted molar refractivity (Wildman–Crippen MR) is 114 cm³/mol. The molecule has 7 nitrogen and oxygen atoms in total. The molecule has 152 valence electrons. The topological polar surface area (TPSA) is 88.4 Å². The van der Waals surface area contributed by atoms with E-state index in [1.165, 1.54) is 35.6 Å². The van der Waals surface area contributed by atoms with E-state index in [1.807, 2.05) is 17.5 Å². The van der Waals surface area contributed by atoms with Crippen molar-refractivity contribution in [2.24, 2.45) is 0 Å². The lowest BCUT2D eigenvalue weighted by Crippen LogP contribution is -2.18. The van der Waals surface area contributed by atoms with Crippen LogP contribution in [0.15, 0.2) is 53.9 Å². The zero-order valence-electron chi connectivity index (χ0n) is 15.4. The van der Waals surface area contributed by atoms with Gasteiger partial charge in [0.2, 0.25) is 22.7 Å². The van der Waals surface area contributed by atoms with Crippen molar-refractivity contribution in [3.05, 3.63) is 64.8 Å². The number of aromatic nitrogens is 3. The Labute approximate surface area is 179 Å². The van der Waals surface area contributed by atoms with E-state index in [9.17, 15) is 14.0 Å². The second-order valence-corrected chi connectivity index (χ2v) is 7.63. The molecule has 2 heterocycles. The highest BCUT2D eigenvalue weighted by Gasteiger charge is 2.14. The first kappa shape index (κ1) is 20.0. The smallest absolute Gasteiger partial charge is 0.250 e. The Bertz CT molecular complexity index is 1200. The first-order valence-electron chi connectivity index (χ1n) is 8.93. The van der Waals surface area contributed by atoms with Crippen molar-refractivity contribution in [3.8, 4) is 11.3 Å². The van der Waals surface area contributed by atoms with Crippen molar-refractivity contribution in [3.63, 3.8) is 0 Å². The molecule has 0 aliphatic heterocycles. The van der Waals surface area contributed by atoms with E-state index in [4.69, 9.17) is 11.6 Å². The highest BCUT2D eigenvalue weighted by atomic mass is 35.5. The number of carbonyl (C=O) groups excluding carboxylic acids is 2. The van der Waals surface area contributed by atoms with E-state index in [-0.39, 0.29) is 36.4 Å². The Balaban J connectivity index is 1.35. The van der Waals surface area contributed by atoms with Crippen LogP contribution < -0.4 is 10.6 Å². The zero-order valence-corrected chi connectivity index (χ0v) is 17.0. The van der Waals surface area contributed by atoms with Gasteiger partial charge < -0.3 is 5.32 Å². The van der Waals surface area contributed by atoms with Crippen LogP contribution in [0.5, 0.6) is 0 Å². The second kappa shape index (κ2) is 8.60. The summed E-state index contributed by atoms with van der Waals surface area (Å²) < 4.78 is 14.5. The van der Waals surface area contributed by atoms with Gasteiger partial charge in [-0.05, 0) is 36.4 Å². The lowest BCUT2D eigenvalue weighted by atomic mass is 10.2. The number of nitrogens with one attached hydrogen (secondary N) is 2. The average molecular weight is 444 g/mol. The molecule has 0 atom stereocenters. The largest absolute Gasteiger partial charge is 0.326 e. The van der Waals surface area contributed by atoms with E-state index in [2.05, 4.69) is 20.7 Å². The number of amides is 2. The number of carbonyl (C=O) groups is 2. The summed E-state index contributed by atoms with van der Waals surface area (Å²) in [7, 11) is 0. The van der Waals surface area contributed by atoms with Crippen LogP contribution in [0.2, 0.25) is 5.02 Å². The minimum Gasteiger partial charge on any atom is -0.326 e. The molecule has 2 aromatic heterocycles. The molecule has 0 unspecified atom stereocenters. The summed E-state index contributed by atoms with van der Waals surface area (Å²) in [5.74, 6) is -0.948. The maximum atomic E-state index is 12.9. The van der Waals surface area contributed by atoms with Crippen molar-refractivity contribution in [1.82, 2.24) is 14.6 Å². The van der Waals surface area contributed by atoms with Gasteiger partial charge in [-0.25, -0.2) is 8.91 Å². The van der Waals surface area contributed by atoms with Gasteiger partial charge in [-0.1, -0.05) is 23.7 Å². The van der Waals surface area contributed by atoms with Crippen LogP contribution in [0.4, 0.5) is 16.0 Å². The van der Waals surface area contributed by atoms with Crippen molar-refractivity contribution in [1.29, 1.82) is 0 Å². The summed E-state index contributed by atoms with van der Waals surface area (Å²) in [6.07, 6.45) is -0.0641. The van der Waals surface area contributed by atoms with Crippen molar-refractivity contribution < 1.29 is 14.0 Å². The van der Waals surface area contributed by atoms with E-state index in [0.29, 0.717) is 15.7 Å².